The lowest BCUT2D eigenvalue weighted by Gasteiger charge is -2.36. The first-order chi connectivity index (χ1) is 18.1. The summed E-state index contributed by atoms with van der Waals surface area (Å²) in [4.78, 5) is 13.4. The van der Waals surface area contributed by atoms with Gasteiger partial charge in [0.1, 0.15) is 18.1 Å². The van der Waals surface area contributed by atoms with Crippen LogP contribution in [0, 0.1) is 0 Å². The van der Waals surface area contributed by atoms with Gasteiger partial charge < -0.3 is 33.8 Å². The largest absolute Gasteiger partial charge is 0.573 e. The molecule has 2 aromatic rings. The van der Waals surface area contributed by atoms with Gasteiger partial charge in [0.25, 0.3) is 0 Å². The molecule has 2 aliphatic rings. The lowest BCUT2D eigenvalue weighted by atomic mass is 10.2. The molecule has 38 heavy (non-hydrogen) atoms. The molecule has 0 saturated heterocycles. The number of hydrogen-bond donors (Lipinski definition) is 0. The van der Waals surface area contributed by atoms with E-state index in [-0.39, 0.29) is 24.7 Å². The molecule has 0 spiro atoms. The average molecular weight is 554 g/mol. The van der Waals surface area contributed by atoms with Crippen molar-refractivity contribution in [3.8, 4) is 11.5 Å². The Morgan fingerprint density at radius 2 is 1.82 bits per heavy atom. The van der Waals surface area contributed by atoms with Gasteiger partial charge in [0.2, 0.25) is 6.35 Å². The van der Waals surface area contributed by atoms with Crippen molar-refractivity contribution in [2.45, 2.75) is 19.3 Å². The van der Waals surface area contributed by atoms with Crippen molar-refractivity contribution < 1.29 is 27.4 Å². The predicted octanol–water partition coefficient (Wildman–Crippen LogP) is 4.44. The van der Waals surface area contributed by atoms with Gasteiger partial charge in [-0.3, -0.25) is 0 Å². The summed E-state index contributed by atoms with van der Waals surface area (Å²) in [6, 6.07) is 13.0. The molecule has 0 aliphatic carbocycles. The van der Waals surface area contributed by atoms with E-state index in [1.165, 1.54) is 18.2 Å². The molecule has 12 heteroatoms. The van der Waals surface area contributed by atoms with Crippen LogP contribution in [-0.2, 0) is 11.3 Å². The first kappa shape index (κ1) is 27.9. The molecule has 0 amide bonds. The van der Waals surface area contributed by atoms with E-state index in [4.69, 9.17) is 26.1 Å². The summed E-state index contributed by atoms with van der Waals surface area (Å²) < 4.78 is 53.2. The summed E-state index contributed by atoms with van der Waals surface area (Å²) in [5.41, 5.74) is 2.00. The van der Waals surface area contributed by atoms with Crippen molar-refractivity contribution in [1.82, 2.24) is 19.6 Å². The van der Waals surface area contributed by atoms with Gasteiger partial charge >= 0.3 is 6.36 Å². The maximum Gasteiger partial charge on any atom is 0.573 e. The highest BCUT2D eigenvalue weighted by Crippen LogP contribution is 2.30. The lowest BCUT2D eigenvalue weighted by Crippen LogP contribution is -2.45. The summed E-state index contributed by atoms with van der Waals surface area (Å²) in [5.74, 6) is 0.742. The Morgan fingerprint density at radius 1 is 1.08 bits per heavy atom. The van der Waals surface area contributed by atoms with Crippen molar-refractivity contribution in [2.75, 3.05) is 54.1 Å². The van der Waals surface area contributed by atoms with E-state index in [1.807, 2.05) is 45.4 Å². The quantitative estimate of drug-likeness (QED) is 0.381. The lowest BCUT2D eigenvalue weighted by molar-refractivity contribution is -0.274. The minimum Gasteiger partial charge on any atom is -0.491 e. The molecule has 2 heterocycles. The van der Waals surface area contributed by atoms with Gasteiger partial charge in [-0.1, -0.05) is 29.8 Å². The zero-order valence-corrected chi connectivity index (χ0v) is 22.2. The first-order valence-corrected chi connectivity index (χ1v) is 12.5. The van der Waals surface area contributed by atoms with Gasteiger partial charge in [0.15, 0.2) is 5.84 Å². The van der Waals surface area contributed by atoms with Crippen LogP contribution in [0.5, 0.6) is 11.5 Å². The van der Waals surface area contributed by atoms with Gasteiger partial charge in [-0.2, -0.15) is 0 Å². The van der Waals surface area contributed by atoms with Crippen LogP contribution in [0.1, 0.15) is 5.56 Å². The highest BCUT2D eigenvalue weighted by molar-refractivity contribution is 6.30. The van der Waals surface area contributed by atoms with Gasteiger partial charge in [-0.25, -0.2) is 4.99 Å². The number of fused-ring (bicyclic) bond motifs is 1. The molecule has 0 fully saturated rings. The third kappa shape index (κ3) is 7.68. The fourth-order valence-electron chi connectivity index (χ4n) is 4.08. The summed E-state index contributed by atoms with van der Waals surface area (Å²) in [6.07, 6.45) is -3.24. The van der Waals surface area contributed by atoms with Crippen LogP contribution in [0.25, 0.3) is 0 Å². The van der Waals surface area contributed by atoms with Crippen LogP contribution in [-0.4, -0.2) is 92.3 Å². The SMILES string of the molecule is CN(C)CCN1C=C2C(=NC(OCCOc3cccc(OC(F)(F)F)c3)N2Cc2ccc(Cl)cc2)N(C)C1. The van der Waals surface area contributed by atoms with Gasteiger partial charge in [-0.15, -0.1) is 13.2 Å². The zero-order chi connectivity index (χ0) is 27.3. The molecule has 4 rings (SSSR count). The molecular formula is C26H31ClF3N5O3. The number of rotatable bonds is 11. The Bertz CT molecular complexity index is 1140. The summed E-state index contributed by atoms with van der Waals surface area (Å²) in [7, 11) is 6.08. The summed E-state index contributed by atoms with van der Waals surface area (Å²) in [6.45, 7) is 3.32. The average Bonchev–Trinajstić information content (AvgIpc) is 3.19. The van der Waals surface area contributed by atoms with Crippen LogP contribution in [0.4, 0.5) is 13.2 Å². The molecule has 1 atom stereocenters. The Balaban J connectivity index is 1.43. The minimum absolute atomic E-state index is 0.120. The van der Waals surface area contributed by atoms with Crippen molar-refractivity contribution in [3.05, 3.63) is 71.0 Å². The number of alkyl halides is 3. The second kappa shape index (κ2) is 12.1. The van der Waals surface area contributed by atoms with Crippen molar-refractivity contribution >= 4 is 17.4 Å². The predicted molar refractivity (Wildman–Crippen MR) is 139 cm³/mol. The maximum atomic E-state index is 12.5. The number of likely N-dealkylation sites (N-methyl/N-ethyl adjacent to an activating group) is 2. The topological polar surface area (TPSA) is 53.0 Å². The third-order valence-corrected chi connectivity index (χ3v) is 6.11. The van der Waals surface area contributed by atoms with Crippen LogP contribution < -0.4 is 9.47 Å². The molecule has 0 N–H and O–H groups in total. The third-order valence-electron chi connectivity index (χ3n) is 5.86. The molecule has 206 valence electrons. The smallest absolute Gasteiger partial charge is 0.491 e. The van der Waals surface area contributed by atoms with E-state index in [2.05, 4.69) is 30.5 Å². The van der Waals surface area contributed by atoms with E-state index >= 15 is 0 Å². The Kier molecular flexibility index (Phi) is 8.91. The number of nitrogens with zero attached hydrogens (tertiary/aromatic N) is 5. The standard InChI is InChI=1S/C26H31ClF3N5O3/c1-32(2)11-12-34-17-23-24(33(3)18-34)31-25(35(23)16-19-7-9-20(27)10-8-19)37-14-13-36-21-5-4-6-22(15-21)38-26(28,29)30/h4-10,15,17,25H,11-14,16,18H2,1-3H3. The number of amidine groups is 1. The molecular weight excluding hydrogens is 523 g/mol. The Hall–Kier alpha value is -3.15. The van der Waals surface area contributed by atoms with E-state index < -0.39 is 12.7 Å². The van der Waals surface area contributed by atoms with Crippen molar-refractivity contribution in [1.29, 1.82) is 0 Å². The van der Waals surface area contributed by atoms with Crippen LogP contribution in [0.15, 0.2) is 65.4 Å². The van der Waals surface area contributed by atoms with E-state index in [0.717, 1.165) is 30.2 Å². The van der Waals surface area contributed by atoms with E-state index in [0.29, 0.717) is 18.2 Å². The summed E-state index contributed by atoms with van der Waals surface area (Å²) in [5, 5.41) is 0.660. The number of halogens is 4. The van der Waals surface area contributed by atoms with Crippen molar-refractivity contribution in [3.63, 3.8) is 0 Å². The fourth-order valence-corrected chi connectivity index (χ4v) is 4.21. The fraction of sp³-hybridized carbons (Fsp3) is 0.423. The van der Waals surface area contributed by atoms with Gasteiger partial charge in [0.05, 0.1) is 19.0 Å². The molecule has 2 aliphatic heterocycles. The molecule has 8 nitrogen and oxygen atoms in total. The minimum atomic E-state index is -4.77. The van der Waals surface area contributed by atoms with Crippen LogP contribution in [0.2, 0.25) is 5.02 Å². The number of ether oxygens (including phenoxy) is 3. The number of aliphatic imine (C=N–C) groups is 1. The zero-order valence-electron chi connectivity index (χ0n) is 21.5. The molecule has 0 radical (unpaired) electrons. The molecule has 2 aromatic carbocycles. The van der Waals surface area contributed by atoms with Gasteiger partial charge in [0, 0.05) is 44.0 Å². The number of benzene rings is 2. The molecule has 1 unspecified atom stereocenters. The number of hydrogen-bond acceptors (Lipinski definition) is 8. The van der Waals surface area contributed by atoms with E-state index in [1.54, 1.807) is 6.07 Å². The van der Waals surface area contributed by atoms with E-state index in [9.17, 15) is 13.2 Å². The monoisotopic (exact) mass is 553 g/mol. The Labute approximate surface area is 225 Å². The van der Waals surface area contributed by atoms with Crippen LogP contribution in [0.3, 0.4) is 0 Å². The van der Waals surface area contributed by atoms with Crippen LogP contribution >= 0.6 is 11.6 Å². The molecule has 0 aromatic heterocycles. The molecule has 0 saturated carbocycles. The highest BCUT2D eigenvalue weighted by atomic mass is 35.5. The first-order valence-electron chi connectivity index (χ1n) is 12.1. The molecule has 0 bridgehead atoms. The van der Waals surface area contributed by atoms with Gasteiger partial charge in [-0.05, 0) is 43.9 Å². The Morgan fingerprint density at radius 3 is 2.53 bits per heavy atom. The maximum absolute atomic E-state index is 12.5. The second-order valence-corrected chi connectivity index (χ2v) is 9.68. The summed E-state index contributed by atoms with van der Waals surface area (Å²) >= 11 is 6.08. The second-order valence-electron chi connectivity index (χ2n) is 9.24. The van der Waals surface area contributed by atoms with Crippen molar-refractivity contribution in [2.24, 2.45) is 4.99 Å². The highest BCUT2D eigenvalue weighted by Gasteiger charge is 2.36. The normalized spacial score (nSPS) is 17.5.